The Bertz CT molecular complexity index is 307. The van der Waals surface area contributed by atoms with Crippen LogP contribution in [0.1, 0.15) is 19.8 Å². The number of rotatable bonds is 0. The van der Waals surface area contributed by atoms with Crippen LogP contribution >= 0.6 is 0 Å². The molecule has 0 saturated heterocycles. The molecule has 0 bridgehead atoms. The van der Waals surface area contributed by atoms with E-state index in [0.29, 0.717) is 12.2 Å². The third-order valence-corrected chi connectivity index (χ3v) is 3.21. The first-order chi connectivity index (χ1) is 6.14. The van der Waals surface area contributed by atoms with E-state index in [2.05, 4.69) is 0 Å². The number of Topliss-reactive ketones (excluding diaryl/α,β-unsaturated/α-hetero) is 1. The third-order valence-electron chi connectivity index (χ3n) is 3.21. The van der Waals surface area contributed by atoms with E-state index >= 15 is 0 Å². The van der Waals surface area contributed by atoms with Crippen molar-refractivity contribution in [3.8, 4) is 0 Å². The summed E-state index contributed by atoms with van der Waals surface area (Å²) in [5.74, 6) is 0.369. The average molecular weight is 176 g/mol. The second-order valence-corrected chi connectivity index (χ2v) is 3.87. The Morgan fingerprint density at radius 2 is 1.92 bits per heavy atom. The lowest BCUT2D eigenvalue weighted by molar-refractivity contribution is -0.121. The highest BCUT2D eigenvalue weighted by Gasteiger charge is 2.42. The maximum absolute atomic E-state index is 11.4. The first-order valence-corrected chi connectivity index (χ1v) is 4.59. The molecule has 0 N–H and O–H groups in total. The maximum atomic E-state index is 11.4. The minimum atomic E-state index is -0.148. The van der Waals surface area contributed by atoms with Crippen molar-refractivity contribution in [3.63, 3.8) is 0 Å². The van der Waals surface area contributed by atoms with E-state index in [1.807, 2.05) is 19.1 Å². The molecule has 1 fully saturated rings. The third kappa shape index (κ3) is 1.17. The van der Waals surface area contributed by atoms with E-state index in [0.717, 1.165) is 6.42 Å². The van der Waals surface area contributed by atoms with Crippen LogP contribution in [-0.4, -0.2) is 11.6 Å². The highest BCUT2D eigenvalue weighted by molar-refractivity contribution is 6.01. The van der Waals surface area contributed by atoms with Gasteiger partial charge in [-0.2, -0.15) is 0 Å². The Labute approximate surface area is 77.3 Å². The molecule has 0 heterocycles. The fourth-order valence-corrected chi connectivity index (χ4v) is 2.11. The SMILES string of the molecule is CC1C(=O)CCC12C=CC(=O)C=C2. The van der Waals surface area contributed by atoms with Crippen LogP contribution < -0.4 is 0 Å². The van der Waals surface area contributed by atoms with Crippen LogP contribution in [0.15, 0.2) is 24.3 Å². The fraction of sp³-hybridized carbons (Fsp3) is 0.455. The highest BCUT2D eigenvalue weighted by Crippen LogP contribution is 2.44. The molecule has 2 nitrogen and oxygen atoms in total. The van der Waals surface area contributed by atoms with Gasteiger partial charge in [-0.15, -0.1) is 0 Å². The molecule has 1 saturated carbocycles. The van der Waals surface area contributed by atoms with Crippen LogP contribution in [0.25, 0.3) is 0 Å². The van der Waals surface area contributed by atoms with E-state index in [-0.39, 0.29) is 17.1 Å². The van der Waals surface area contributed by atoms with Crippen LogP contribution in [0, 0.1) is 11.3 Å². The maximum Gasteiger partial charge on any atom is 0.178 e. The molecule has 13 heavy (non-hydrogen) atoms. The zero-order valence-corrected chi connectivity index (χ0v) is 7.62. The van der Waals surface area contributed by atoms with Gasteiger partial charge in [0.25, 0.3) is 0 Å². The van der Waals surface area contributed by atoms with E-state index in [9.17, 15) is 9.59 Å². The highest BCUT2D eigenvalue weighted by atomic mass is 16.1. The lowest BCUT2D eigenvalue weighted by Crippen LogP contribution is -2.24. The van der Waals surface area contributed by atoms with Gasteiger partial charge in [0.15, 0.2) is 5.78 Å². The molecule has 0 amide bonds. The second-order valence-electron chi connectivity index (χ2n) is 3.87. The Balaban J connectivity index is 2.33. The number of allylic oxidation sites excluding steroid dienone is 4. The van der Waals surface area contributed by atoms with E-state index in [1.54, 1.807) is 12.2 Å². The molecule has 2 aliphatic carbocycles. The number of carbonyl (C=O) groups excluding carboxylic acids is 2. The lowest BCUT2D eigenvalue weighted by atomic mass is 9.76. The molecule has 0 aromatic heterocycles. The summed E-state index contributed by atoms with van der Waals surface area (Å²) in [6.07, 6.45) is 8.44. The van der Waals surface area contributed by atoms with Gasteiger partial charge in [0.05, 0.1) is 0 Å². The zero-order valence-electron chi connectivity index (χ0n) is 7.62. The van der Waals surface area contributed by atoms with Crippen LogP contribution in [0.5, 0.6) is 0 Å². The molecule has 1 unspecified atom stereocenters. The molecule has 2 aliphatic rings. The predicted molar refractivity (Wildman–Crippen MR) is 49.1 cm³/mol. The van der Waals surface area contributed by atoms with Gasteiger partial charge >= 0.3 is 0 Å². The molecule has 1 atom stereocenters. The van der Waals surface area contributed by atoms with Gasteiger partial charge < -0.3 is 0 Å². The molecule has 0 aromatic rings. The van der Waals surface area contributed by atoms with Crippen molar-refractivity contribution in [2.75, 3.05) is 0 Å². The number of hydrogen-bond donors (Lipinski definition) is 0. The smallest absolute Gasteiger partial charge is 0.178 e. The molecule has 0 aromatic carbocycles. The van der Waals surface area contributed by atoms with E-state index in [1.165, 1.54) is 0 Å². The molecule has 1 spiro atoms. The van der Waals surface area contributed by atoms with Gasteiger partial charge in [0, 0.05) is 17.8 Å². The van der Waals surface area contributed by atoms with Gasteiger partial charge in [-0.25, -0.2) is 0 Å². The van der Waals surface area contributed by atoms with Crippen molar-refractivity contribution < 1.29 is 9.59 Å². The first kappa shape index (κ1) is 8.42. The summed E-state index contributed by atoms with van der Waals surface area (Å²) in [6, 6.07) is 0. The van der Waals surface area contributed by atoms with Crippen molar-refractivity contribution >= 4 is 11.6 Å². The van der Waals surface area contributed by atoms with Gasteiger partial charge in [0.2, 0.25) is 0 Å². The van der Waals surface area contributed by atoms with Gasteiger partial charge in [-0.1, -0.05) is 19.1 Å². The quantitative estimate of drug-likeness (QED) is 0.562. The average Bonchev–Trinajstić information content (AvgIpc) is 2.40. The molecule has 68 valence electrons. The van der Waals surface area contributed by atoms with Crippen molar-refractivity contribution in [1.29, 1.82) is 0 Å². The zero-order chi connectivity index (χ0) is 9.47. The fourth-order valence-electron chi connectivity index (χ4n) is 2.11. The van der Waals surface area contributed by atoms with Crippen molar-refractivity contribution in [2.45, 2.75) is 19.8 Å². The molecule has 2 heteroatoms. The minimum Gasteiger partial charge on any atom is -0.299 e. The Morgan fingerprint density at radius 3 is 2.38 bits per heavy atom. The number of ketones is 2. The minimum absolute atomic E-state index is 0.0252. The summed E-state index contributed by atoms with van der Waals surface area (Å²) in [7, 11) is 0. The van der Waals surface area contributed by atoms with Gasteiger partial charge in [0.1, 0.15) is 5.78 Å². The molecule has 0 radical (unpaired) electrons. The standard InChI is InChI=1S/C11H12O2/c1-8-10(13)4-7-11(8)5-2-9(12)3-6-11/h2-3,5-6,8H,4,7H2,1H3. The largest absolute Gasteiger partial charge is 0.299 e. The Hall–Kier alpha value is -1.18. The summed E-state index contributed by atoms with van der Waals surface area (Å²) in [6.45, 7) is 1.94. The molecular weight excluding hydrogens is 164 g/mol. The Kier molecular flexibility index (Phi) is 1.72. The van der Waals surface area contributed by atoms with Crippen LogP contribution in [0.2, 0.25) is 0 Å². The lowest BCUT2D eigenvalue weighted by Gasteiger charge is -2.26. The van der Waals surface area contributed by atoms with Crippen molar-refractivity contribution in [1.82, 2.24) is 0 Å². The second kappa shape index (κ2) is 2.66. The molecule has 2 rings (SSSR count). The summed E-state index contributed by atoms with van der Waals surface area (Å²) in [5, 5.41) is 0. The number of hydrogen-bond acceptors (Lipinski definition) is 2. The normalized spacial score (nSPS) is 30.4. The van der Waals surface area contributed by atoms with Crippen LogP contribution in [-0.2, 0) is 9.59 Å². The summed E-state index contributed by atoms with van der Waals surface area (Å²) >= 11 is 0. The molecule has 0 aliphatic heterocycles. The predicted octanol–water partition coefficient (Wildman–Crippen LogP) is 1.67. The topological polar surface area (TPSA) is 34.1 Å². The first-order valence-electron chi connectivity index (χ1n) is 4.59. The van der Waals surface area contributed by atoms with Crippen LogP contribution in [0.4, 0.5) is 0 Å². The monoisotopic (exact) mass is 176 g/mol. The van der Waals surface area contributed by atoms with Crippen LogP contribution in [0.3, 0.4) is 0 Å². The van der Waals surface area contributed by atoms with E-state index < -0.39 is 0 Å². The summed E-state index contributed by atoms with van der Waals surface area (Å²) in [5.41, 5.74) is -0.148. The Morgan fingerprint density at radius 1 is 1.31 bits per heavy atom. The van der Waals surface area contributed by atoms with Crippen molar-refractivity contribution in [3.05, 3.63) is 24.3 Å². The van der Waals surface area contributed by atoms with E-state index in [4.69, 9.17) is 0 Å². The van der Waals surface area contributed by atoms with Gasteiger partial charge in [-0.05, 0) is 18.6 Å². The molecular formula is C11H12O2. The summed E-state index contributed by atoms with van der Waals surface area (Å²) in [4.78, 5) is 22.3. The van der Waals surface area contributed by atoms with Crippen molar-refractivity contribution in [2.24, 2.45) is 11.3 Å². The number of carbonyl (C=O) groups is 2. The van der Waals surface area contributed by atoms with Gasteiger partial charge in [-0.3, -0.25) is 9.59 Å². The summed E-state index contributed by atoms with van der Waals surface area (Å²) < 4.78 is 0.